The molecule has 0 atom stereocenters. The number of hydrogen-bond acceptors (Lipinski definition) is 2. The fraction of sp³-hybridized carbons (Fsp3) is 0.714. The molecule has 1 aromatic carbocycles. The summed E-state index contributed by atoms with van der Waals surface area (Å²) in [4.78, 5) is 5.05. The molecule has 0 aromatic heterocycles. The first-order valence-electron chi connectivity index (χ1n) is 9.28. The second-order valence-electron chi connectivity index (χ2n) is 9.46. The molecule has 136 valence electrons. The van der Waals surface area contributed by atoms with E-state index >= 15 is 0 Å². The second kappa shape index (κ2) is 7.25. The van der Waals surface area contributed by atoms with Crippen molar-refractivity contribution in [3.05, 3.63) is 29.8 Å². The molecule has 0 spiro atoms. The van der Waals surface area contributed by atoms with E-state index in [0.717, 1.165) is 13.1 Å². The fourth-order valence-electron chi connectivity index (χ4n) is 5.23. The highest BCUT2D eigenvalue weighted by atomic mass is 35.5. The van der Waals surface area contributed by atoms with Crippen LogP contribution in [0.1, 0.15) is 58.4 Å². The molecule has 0 N–H and O–H groups in total. The van der Waals surface area contributed by atoms with Gasteiger partial charge in [-0.3, -0.25) is 0 Å². The third-order valence-electron chi connectivity index (χ3n) is 5.78. The minimum atomic E-state index is 0. The molecule has 0 amide bonds. The average molecular weight is 351 g/mol. The summed E-state index contributed by atoms with van der Waals surface area (Å²) in [5, 5.41) is 0. The van der Waals surface area contributed by atoms with Gasteiger partial charge in [-0.2, -0.15) is 0 Å². The molecule has 1 saturated heterocycles. The molecule has 3 rings (SSSR count). The summed E-state index contributed by atoms with van der Waals surface area (Å²) >= 11 is 0. The highest BCUT2D eigenvalue weighted by Gasteiger charge is 2.39. The minimum Gasteiger partial charge on any atom is -0.369 e. The van der Waals surface area contributed by atoms with Gasteiger partial charge in [0.1, 0.15) is 0 Å². The van der Waals surface area contributed by atoms with Crippen molar-refractivity contribution in [1.29, 1.82) is 0 Å². The topological polar surface area (TPSA) is 6.48 Å². The lowest BCUT2D eigenvalue weighted by atomic mass is 9.60. The van der Waals surface area contributed by atoms with Gasteiger partial charge in [0.2, 0.25) is 0 Å². The van der Waals surface area contributed by atoms with Crippen LogP contribution in [0, 0.1) is 10.8 Å². The van der Waals surface area contributed by atoms with Crippen LogP contribution in [0.2, 0.25) is 0 Å². The predicted octanol–water partition coefficient (Wildman–Crippen LogP) is 5.18. The van der Waals surface area contributed by atoms with E-state index in [0.29, 0.717) is 16.7 Å². The monoisotopic (exact) mass is 350 g/mol. The smallest absolute Gasteiger partial charge is 0.0402 e. The van der Waals surface area contributed by atoms with Crippen LogP contribution in [-0.2, 0) is 0 Å². The van der Waals surface area contributed by atoms with E-state index in [1.807, 2.05) is 0 Å². The molecule has 0 radical (unpaired) electrons. The average Bonchev–Trinajstić information content (AvgIpc) is 2.45. The van der Waals surface area contributed by atoms with Gasteiger partial charge in [-0.15, -0.1) is 12.4 Å². The number of halogens is 1. The number of nitrogens with zero attached hydrogens (tertiary/aromatic N) is 2. The van der Waals surface area contributed by atoms with Crippen molar-refractivity contribution in [2.75, 3.05) is 38.1 Å². The van der Waals surface area contributed by atoms with E-state index in [1.165, 1.54) is 38.0 Å². The molecule has 0 bridgehead atoms. The lowest BCUT2D eigenvalue weighted by Crippen LogP contribution is -2.45. The van der Waals surface area contributed by atoms with Crippen LogP contribution in [0.25, 0.3) is 0 Å². The van der Waals surface area contributed by atoms with Gasteiger partial charge < -0.3 is 9.80 Å². The van der Waals surface area contributed by atoms with Crippen LogP contribution in [0.5, 0.6) is 0 Å². The number of hydrogen-bond donors (Lipinski definition) is 0. The second-order valence-corrected chi connectivity index (χ2v) is 9.46. The lowest BCUT2D eigenvalue weighted by molar-refractivity contribution is 0.0970. The molecule has 0 unspecified atom stereocenters. The van der Waals surface area contributed by atoms with Crippen molar-refractivity contribution in [2.24, 2.45) is 10.8 Å². The van der Waals surface area contributed by atoms with E-state index in [1.54, 1.807) is 5.56 Å². The van der Waals surface area contributed by atoms with Gasteiger partial charge in [-0.25, -0.2) is 0 Å². The van der Waals surface area contributed by atoms with Crippen LogP contribution in [-0.4, -0.2) is 38.1 Å². The van der Waals surface area contributed by atoms with Gasteiger partial charge in [0.15, 0.2) is 0 Å². The van der Waals surface area contributed by atoms with Crippen LogP contribution < -0.4 is 4.90 Å². The zero-order chi connectivity index (χ0) is 16.7. The van der Waals surface area contributed by atoms with Crippen LogP contribution in [0.15, 0.2) is 24.3 Å². The summed E-state index contributed by atoms with van der Waals surface area (Å²) in [7, 11) is 2.23. The molecule has 2 aliphatic rings. The summed E-state index contributed by atoms with van der Waals surface area (Å²) < 4.78 is 0. The van der Waals surface area contributed by atoms with Crippen molar-refractivity contribution >= 4 is 18.1 Å². The Labute approximate surface area is 155 Å². The molecule has 1 saturated carbocycles. The number of para-hydroxylation sites is 1. The third kappa shape index (κ3) is 4.46. The first-order valence-corrected chi connectivity index (χ1v) is 9.28. The van der Waals surface area contributed by atoms with E-state index in [-0.39, 0.29) is 12.4 Å². The van der Waals surface area contributed by atoms with Crippen molar-refractivity contribution in [2.45, 2.75) is 52.9 Å². The van der Waals surface area contributed by atoms with E-state index in [4.69, 9.17) is 0 Å². The summed E-state index contributed by atoms with van der Waals surface area (Å²) in [6, 6.07) is 9.21. The molecule has 3 heteroatoms. The van der Waals surface area contributed by atoms with Crippen molar-refractivity contribution in [1.82, 2.24) is 4.90 Å². The van der Waals surface area contributed by atoms with Gasteiger partial charge in [-0.05, 0) is 54.7 Å². The molecule has 1 aliphatic carbocycles. The quantitative estimate of drug-likeness (QED) is 0.725. The Kier molecular flexibility index (Phi) is 5.92. The maximum Gasteiger partial charge on any atom is 0.0402 e. The van der Waals surface area contributed by atoms with E-state index in [2.05, 4.69) is 68.8 Å². The van der Waals surface area contributed by atoms with E-state index in [9.17, 15) is 0 Å². The van der Waals surface area contributed by atoms with Crippen LogP contribution in [0.4, 0.5) is 5.69 Å². The van der Waals surface area contributed by atoms with E-state index < -0.39 is 0 Å². The number of likely N-dealkylation sites (N-methyl/N-ethyl adjacent to an activating group) is 1. The van der Waals surface area contributed by atoms with Crippen molar-refractivity contribution in [3.8, 4) is 0 Å². The normalized spacial score (nSPS) is 24.5. The van der Waals surface area contributed by atoms with Gasteiger partial charge in [0.25, 0.3) is 0 Å². The molecule has 2 fully saturated rings. The molecular weight excluding hydrogens is 316 g/mol. The Morgan fingerprint density at radius 1 is 0.875 bits per heavy atom. The number of rotatable bonds is 2. The first kappa shape index (κ1) is 19.6. The predicted molar refractivity (Wildman–Crippen MR) is 108 cm³/mol. The molecule has 1 aromatic rings. The van der Waals surface area contributed by atoms with Crippen molar-refractivity contribution in [3.63, 3.8) is 0 Å². The zero-order valence-corrected chi connectivity index (χ0v) is 17.0. The number of anilines is 1. The minimum absolute atomic E-state index is 0. The molecule has 24 heavy (non-hydrogen) atoms. The maximum atomic E-state index is 2.62. The summed E-state index contributed by atoms with van der Waals surface area (Å²) in [6.07, 6.45) is 3.98. The Bertz CT molecular complexity index is 529. The SMILES string of the molecule is CN1CCN(c2ccccc2C2CC(C)(C)CC(C)(C)C2)CC1.Cl. The Morgan fingerprint density at radius 3 is 2.00 bits per heavy atom. The van der Waals surface area contributed by atoms with Crippen LogP contribution >= 0.6 is 12.4 Å². The maximum absolute atomic E-state index is 2.62. The third-order valence-corrected chi connectivity index (χ3v) is 5.78. The Hall–Kier alpha value is -0.730. The van der Waals surface area contributed by atoms with Gasteiger partial charge in [-0.1, -0.05) is 45.9 Å². The summed E-state index contributed by atoms with van der Waals surface area (Å²) in [5.41, 5.74) is 3.99. The van der Waals surface area contributed by atoms with Gasteiger partial charge in [0, 0.05) is 31.9 Å². The van der Waals surface area contributed by atoms with Crippen molar-refractivity contribution < 1.29 is 0 Å². The highest BCUT2D eigenvalue weighted by Crippen LogP contribution is 2.53. The van der Waals surface area contributed by atoms with Gasteiger partial charge >= 0.3 is 0 Å². The van der Waals surface area contributed by atoms with Crippen LogP contribution in [0.3, 0.4) is 0 Å². The first-order chi connectivity index (χ1) is 10.8. The Morgan fingerprint density at radius 2 is 1.42 bits per heavy atom. The molecule has 1 aliphatic heterocycles. The highest BCUT2D eigenvalue weighted by molar-refractivity contribution is 5.85. The fourth-order valence-corrected chi connectivity index (χ4v) is 5.23. The zero-order valence-electron chi connectivity index (χ0n) is 16.1. The largest absolute Gasteiger partial charge is 0.369 e. The number of benzene rings is 1. The Balaban J connectivity index is 0.00000208. The molecule has 1 heterocycles. The summed E-state index contributed by atoms with van der Waals surface area (Å²) in [5.74, 6) is 0.699. The summed E-state index contributed by atoms with van der Waals surface area (Å²) in [6.45, 7) is 14.5. The molecule has 2 nitrogen and oxygen atoms in total. The number of piperazine rings is 1. The molecular formula is C21H35ClN2. The standard InChI is InChI=1S/C21H34N2.ClH/c1-20(2)14-17(15-21(3,4)16-20)18-8-6-7-9-19(18)23-12-10-22(5)11-13-23;/h6-9,17H,10-16H2,1-5H3;1H. The van der Waals surface area contributed by atoms with Gasteiger partial charge in [0.05, 0.1) is 0 Å². The lowest BCUT2D eigenvalue weighted by Gasteiger charge is -2.46.